The number of ether oxygens (including phenoxy) is 1. The lowest BCUT2D eigenvalue weighted by Crippen LogP contribution is -2.44. The van der Waals surface area contributed by atoms with Gasteiger partial charge in [0.25, 0.3) is 5.91 Å². The van der Waals surface area contributed by atoms with Crippen LogP contribution in [0.25, 0.3) is 0 Å². The molecule has 0 radical (unpaired) electrons. The van der Waals surface area contributed by atoms with Crippen molar-refractivity contribution in [2.45, 2.75) is 32.4 Å². The summed E-state index contributed by atoms with van der Waals surface area (Å²) >= 11 is 0. The van der Waals surface area contributed by atoms with Crippen molar-refractivity contribution in [3.8, 4) is 5.75 Å². The van der Waals surface area contributed by atoms with Gasteiger partial charge in [-0.25, -0.2) is 14.9 Å². The van der Waals surface area contributed by atoms with Gasteiger partial charge in [-0.1, -0.05) is 29.8 Å². The van der Waals surface area contributed by atoms with Crippen molar-refractivity contribution in [2.75, 3.05) is 24.6 Å². The second-order valence-electron chi connectivity index (χ2n) is 7.94. The fourth-order valence-electron chi connectivity index (χ4n) is 4.99. The van der Waals surface area contributed by atoms with Gasteiger partial charge in [0, 0.05) is 13.1 Å². The summed E-state index contributed by atoms with van der Waals surface area (Å²) in [5.74, 6) is 0.130. The number of rotatable bonds is 4. The van der Waals surface area contributed by atoms with Crippen molar-refractivity contribution in [2.24, 2.45) is 5.92 Å². The molecule has 3 atom stereocenters. The molecule has 6 heteroatoms. The summed E-state index contributed by atoms with van der Waals surface area (Å²) in [6, 6.07) is 15.1. The van der Waals surface area contributed by atoms with Gasteiger partial charge in [-0.2, -0.15) is 0 Å². The van der Waals surface area contributed by atoms with Gasteiger partial charge >= 0.3 is 0 Å². The number of aryl methyl sites for hydroxylation is 1. The number of hydrogen-bond acceptors (Lipinski definition) is 5. The fraction of sp³-hybridized carbons (Fsp3) is 0.391. The third-order valence-electron chi connectivity index (χ3n) is 6.23. The number of hydrazine groups is 1. The number of carbonyl (C=O) groups is 2. The number of anilines is 1. The largest absolute Gasteiger partial charge is 0.494 e. The molecule has 6 nitrogen and oxygen atoms in total. The highest BCUT2D eigenvalue weighted by Crippen LogP contribution is 2.48. The van der Waals surface area contributed by atoms with E-state index in [1.54, 1.807) is 12.1 Å². The Labute approximate surface area is 170 Å². The first kappa shape index (κ1) is 18.3. The van der Waals surface area contributed by atoms with Crippen LogP contribution >= 0.6 is 0 Å². The molecular formula is C23H25N3O3. The van der Waals surface area contributed by atoms with E-state index >= 15 is 0 Å². The molecule has 3 aliphatic rings. The predicted molar refractivity (Wildman–Crippen MR) is 109 cm³/mol. The zero-order valence-electron chi connectivity index (χ0n) is 16.7. The molecule has 3 saturated heterocycles. The summed E-state index contributed by atoms with van der Waals surface area (Å²) in [7, 11) is 0. The van der Waals surface area contributed by atoms with Crippen molar-refractivity contribution in [1.29, 1.82) is 0 Å². The Kier molecular flexibility index (Phi) is 4.41. The SMILES string of the molecule is CCOc1ccc(N2C(=O)[C@@H]3[C@H](C2=O)N2CCCN2[C@H]3c2ccc(C)cc2)cc1. The van der Waals surface area contributed by atoms with Crippen molar-refractivity contribution >= 4 is 17.5 Å². The van der Waals surface area contributed by atoms with Crippen molar-refractivity contribution in [1.82, 2.24) is 10.0 Å². The van der Waals surface area contributed by atoms with Gasteiger partial charge in [0.1, 0.15) is 11.8 Å². The molecule has 0 saturated carbocycles. The number of hydrogen-bond donors (Lipinski definition) is 0. The summed E-state index contributed by atoms with van der Waals surface area (Å²) < 4.78 is 5.49. The Morgan fingerprint density at radius 1 is 0.897 bits per heavy atom. The Balaban J connectivity index is 1.51. The number of carbonyl (C=O) groups excluding carboxylic acids is 2. The predicted octanol–water partition coefficient (Wildman–Crippen LogP) is 2.93. The summed E-state index contributed by atoms with van der Waals surface area (Å²) in [5.41, 5.74) is 2.90. The average molecular weight is 391 g/mol. The molecule has 3 aliphatic heterocycles. The van der Waals surface area contributed by atoms with Gasteiger partial charge in [0.15, 0.2) is 0 Å². The van der Waals surface area contributed by atoms with Crippen LogP contribution in [0.4, 0.5) is 5.69 Å². The average Bonchev–Trinajstić information content (AvgIpc) is 3.36. The Hall–Kier alpha value is -2.70. The van der Waals surface area contributed by atoms with E-state index in [1.807, 2.05) is 19.1 Å². The Morgan fingerprint density at radius 2 is 1.55 bits per heavy atom. The molecule has 0 unspecified atom stereocenters. The maximum Gasteiger partial charge on any atom is 0.253 e. The molecule has 3 fully saturated rings. The monoisotopic (exact) mass is 391 g/mol. The molecule has 0 spiro atoms. The van der Waals surface area contributed by atoms with Gasteiger partial charge in [-0.05, 0) is 50.1 Å². The van der Waals surface area contributed by atoms with E-state index < -0.39 is 6.04 Å². The molecule has 2 aromatic rings. The lowest BCUT2D eigenvalue weighted by Gasteiger charge is -2.29. The van der Waals surface area contributed by atoms with E-state index in [0.717, 1.165) is 30.8 Å². The van der Waals surface area contributed by atoms with E-state index in [0.29, 0.717) is 12.3 Å². The van der Waals surface area contributed by atoms with Crippen molar-refractivity contribution in [3.63, 3.8) is 0 Å². The van der Waals surface area contributed by atoms with Crippen LogP contribution < -0.4 is 9.64 Å². The zero-order chi connectivity index (χ0) is 20.1. The standard InChI is InChI=1S/C23H25N3O3/c1-3-29-18-11-9-17(10-12-18)26-22(27)19-20(16-7-5-15(2)6-8-16)24-13-4-14-25(24)21(19)23(26)28/h5-12,19-21H,3-4,13-14H2,1-2H3/t19-,20-,21+/m0/s1. The van der Waals surface area contributed by atoms with Gasteiger partial charge < -0.3 is 4.74 Å². The topological polar surface area (TPSA) is 53.1 Å². The first-order chi connectivity index (χ1) is 14.1. The minimum Gasteiger partial charge on any atom is -0.494 e. The fourth-order valence-corrected chi connectivity index (χ4v) is 4.99. The highest BCUT2D eigenvalue weighted by molar-refractivity contribution is 6.24. The first-order valence-electron chi connectivity index (χ1n) is 10.3. The Bertz CT molecular complexity index is 941. The molecular weight excluding hydrogens is 366 g/mol. The molecule has 0 bridgehead atoms. The minimum atomic E-state index is -0.414. The smallest absolute Gasteiger partial charge is 0.253 e. The van der Waals surface area contributed by atoms with Crippen LogP contribution in [0.1, 0.15) is 30.5 Å². The molecule has 2 amide bonds. The lowest BCUT2D eigenvalue weighted by atomic mass is 9.89. The van der Waals surface area contributed by atoms with Crippen LogP contribution in [0.15, 0.2) is 48.5 Å². The molecule has 29 heavy (non-hydrogen) atoms. The number of benzene rings is 2. The summed E-state index contributed by atoms with van der Waals surface area (Å²) in [5, 5.41) is 4.37. The molecule has 5 rings (SSSR count). The third kappa shape index (κ3) is 2.78. The lowest BCUT2D eigenvalue weighted by molar-refractivity contribution is -0.126. The maximum absolute atomic E-state index is 13.5. The first-order valence-corrected chi connectivity index (χ1v) is 10.3. The van der Waals surface area contributed by atoms with Crippen LogP contribution in [-0.2, 0) is 9.59 Å². The van der Waals surface area contributed by atoms with E-state index in [2.05, 4.69) is 41.2 Å². The van der Waals surface area contributed by atoms with E-state index in [1.165, 1.54) is 10.5 Å². The molecule has 0 aromatic heterocycles. The van der Waals surface area contributed by atoms with Gasteiger partial charge in [-0.3, -0.25) is 9.59 Å². The highest BCUT2D eigenvalue weighted by atomic mass is 16.5. The molecule has 0 N–H and O–H groups in total. The summed E-state index contributed by atoms with van der Waals surface area (Å²) in [6.07, 6.45) is 1.01. The van der Waals surface area contributed by atoms with Crippen LogP contribution in [0.3, 0.4) is 0 Å². The van der Waals surface area contributed by atoms with Crippen molar-refractivity contribution < 1.29 is 14.3 Å². The number of amides is 2. The van der Waals surface area contributed by atoms with Crippen molar-refractivity contribution in [3.05, 3.63) is 59.7 Å². The van der Waals surface area contributed by atoms with E-state index in [4.69, 9.17) is 4.74 Å². The molecule has 3 heterocycles. The molecule has 0 aliphatic carbocycles. The summed E-state index contributed by atoms with van der Waals surface area (Å²) in [4.78, 5) is 28.3. The van der Waals surface area contributed by atoms with E-state index in [9.17, 15) is 9.59 Å². The summed E-state index contributed by atoms with van der Waals surface area (Å²) in [6.45, 7) is 6.26. The van der Waals surface area contributed by atoms with Crippen LogP contribution in [0.5, 0.6) is 5.75 Å². The second kappa shape index (κ2) is 6.97. The van der Waals surface area contributed by atoms with Crippen LogP contribution in [0.2, 0.25) is 0 Å². The minimum absolute atomic E-state index is 0.0905. The quantitative estimate of drug-likeness (QED) is 0.750. The van der Waals surface area contributed by atoms with Crippen LogP contribution in [0, 0.1) is 12.8 Å². The number of fused-ring (bicyclic) bond motifs is 3. The number of imide groups is 1. The van der Waals surface area contributed by atoms with Gasteiger partial charge in [0.05, 0.1) is 24.3 Å². The number of nitrogens with zero attached hydrogens (tertiary/aromatic N) is 3. The molecule has 2 aromatic carbocycles. The third-order valence-corrected chi connectivity index (χ3v) is 6.23. The molecule has 150 valence electrons. The Morgan fingerprint density at radius 3 is 2.21 bits per heavy atom. The van der Waals surface area contributed by atoms with Gasteiger partial charge in [-0.15, -0.1) is 0 Å². The van der Waals surface area contributed by atoms with Crippen LogP contribution in [-0.4, -0.2) is 47.6 Å². The normalized spacial score (nSPS) is 26.8. The zero-order valence-corrected chi connectivity index (χ0v) is 16.7. The highest BCUT2D eigenvalue weighted by Gasteiger charge is 2.62. The second-order valence-corrected chi connectivity index (χ2v) is 7.94. The van der Waals surface area contributed by atoms with E-state index in [-0.39, 0.29) is 23.8 Å². The van der Waals surface area contributed by atoms with Gasteiger partial charge in [0.2, 0.25) is 5.91 Å². The maximum atomic E-state index is 13.5.